The summed E-state index contributed by atoms with van der Waals surface area (Å²) in [7, 11) is 1.72. The molecule has 0 atom stereocenters. The summed E-state index contributed by atoms with van der Waals surface area (Å²) in [5.41, 5.74) is 9.00. The second kappa shape index (κ2) is 11.5. The van der Waals surface area contributed by atoms with Crippen molar-refractivity contribution in [3.63, 3.8) is 0 Å². The molecule has 0 aliphatic heterocycles. The third-order valence-electron chi connectivity index (χ3n) is 5.80. The van der Waals surface area contributed by atoms with Gasteiger partial charge < -0.3 is 25.5 Å². The number of aryl methyl sites for hydroxylation is 1. The summed E-state index contributed by atoms with van der Waals surface area (Å²) in [5.74, 6) is 8.24. The summed E-state index contributed by atoms with van der Waals surface area (Å²) >= 11 is 0. The van der Waals surface area contributed by atoms with Gasteiger partial charge >= 0.3 is 0 Å². The molecule has 35 heavy (non-hydrogen) atoms. The quantitative estimate of drug-likeness (QED) is 0.310. The molecule has 0 aromatic carbocycles. The molecule has 0 amide bonds. The number of ether oxygens (including phenoxy) is 2. The van der Waals surface area contributed by atoms with Gasteiger partial charge in [-0.1, -0.05) is 6.42 Å². The van der Waals surface area contributed by atoms with Crippen molar-refractivity contribution < 1.29 is 9.47 Å². The van der Waals surface area contributed by atoms with Gasteiger partial charge in [0, 0.05) is 25.5 Å². The molecule has 3 aromatic heterocycles. The maximum Gasteiger partial charge on any atom is 0.226 e. The van der Waals surface area contributed by atoms with E-state index in [1.807, 2.05) is 19.1 Å². The van der Waals surface area contributed by atoms with Gasteiger partial charge in [0.2, 0.25) is 11.8 Å². The van der Waals surface area contributed by atoms with E-state index in [1.54, 1.807) is 43.8 Å². The van der Waals surface area contributed by atoms with Crippen molar-refractivity contribution in [2.75, 3.05) is 18.9 Å². The Morgan fingerprint density at radius 3 is 2.66 bits per heavy atom. The molecule has 1 fully saturated rings. The Bertz CT molecular complexity index is 1150. The SMILES string of the molecule is Cc1nc(/C(N)=C(\CNc2nccc(Oc3cccnc3)n2)N(C)N)ccc1OC1CCCCC1. The minimum absolute atomic E-state index is 0.260. The Morgan fingerprint density at radius 2 is 1.94 bits per heavy atom. The van der Waals surface area contributed by atoms with E-state index in [0.29, 0.717) is 34.7 Å². The summed E-state index contributed by atoms with van der Waals surface area (Å²) in [5, 5.41) is 4.61. The fraction of sp³-hybridized carbons (Fsp3) is 0.360. The van der Waals surface area contributed by atoms with E-state index in [4.69, 9.17) is 21.1 Å². The van der Waals surface area contributed by atoms with Gasteiger partial charge in [-0.15, -0.1) is 0 Å². The molecular formula is C25H32N8O2. The molecule has 5 N–H and O–H groups in total. The number of nitrogens with two attached hydrogens (primary N) is 2. The van der Waals surface area contributed by atoms with Gasteiger partial charge in [0.15, 0.2) is 0 Å². The summed E-state index contributed by atoms with van der Waals surface area (Å²) in [6.45, 7) is 2.22. The van der Waals surface area contributed by atoms with E-state index in [2.05, 4.69) is 25.3 Å². The minimum atomic E-state index is 0.260. The molecule has 4 rings (SSSR count). The standard InChI is InChI=1S/C25H32N8O2/c1-17-22(34-18-7-4-3-5-8-18)11-10-20(31-17)24(26)21(33(2)27)16-30-25-29-14-12-23(32-25)35-19-9-6-13-28-15-19/h6,9-15,18H,3-5,7-8,16,26-27H2,1-2H3,(H,29,30,32)/b24-21-. The van der Waals surface area contributed by atoms with Crippen molar-refractivity contribution >= 4 is 11.6 Å². The average Bonchev–Trinajstić information content (AvgIpc) is 2.86. The van der Waals surface area contributed by atoms with Gasteiger partial charge in [-0.3, -0.25) is 4.98 Å². The molecule has 184 valence electrons. The second-order valence-electron chi connectivity index (χ2n) is 8.49. The molecule has 3 aromatic rings. The lowest BCUT2D eigenvalue weighted by Gasteiger charge is -2.24. The van der Waals surface area contributed by atoms with Crippen LogP contribution in [-0.4, -0.2) is 44.6 Å². The first-order chi connectivity index (χ1) is 17.0. The summed E-state index contributed by atoms with van der Waals surface area (Å²) in [6, 6.07) is 9.05. The molecule has 1 aliphatic carbocycles. The third kappa shape index (κ3) is 6.57. The number of rotatable bonds is 9. The van der Waals surface area contributed by atoms with Gasteiger partial charge in [-0.05, 0) is 56.9 Å². The Morgan fingerprint density at radius 1 is 1.11 bits per heavy atom. The van der Waals surface area contributed by atoms with Crippen LogP contribution in [0.25, 0.3) is 5.70 Å². The third-order valence-corrected chi connectivity index (χ3v) is 5.80. The zero-order valence-corrected chi connectivity index (χ0v) is 20.1. The molecule has 3 heterocycles. The largest absolute Gasteiger partial charge is 0.489 e. The first kappa shape index (κ1) is 24.2. The molecule has 10 nitrogen and oxygen atoms in total. The highest BCUT2D eigenvalue weighted by molar-refractivity contribution is 5.64. The first-order valence-corrected chi connectivity index (χ1v) is 11.8. The zero-order chi connectivity index (χ0) is 24.6. The van der Waals surface area contributed by atoms with Gasteiger partial charge in [0.05, 0.1) is 41.6 Å². The number of hydrogen-bond acceptors (Lipinski definition) is 10. The second-order valence-corrected chi connectivity index (χ2v) is 8.49. The highest BCUT2D eigenvalue weighted by Crippen LogP contribution is 2.26. The molecule has 0 bridgehead atoms. The van der Waals surface area contributed by atoms with Crippen molar-refractivity contribution in [2.24, 2.45) is 11.6 Å². The molecular weight excluding hydrogens is 444 g/mol. The molecule has 0 spiro atoms. The van der Waals surface area contributed by atoms with E-state index in [9.17, 15) is 0 Å². The van der Waals surface area contributed by atoms with Crippen LogP contribution in [0.4, 0.5) is 5.95 Å². The normalized spacial score (nSPS) is 14.7. The number of hydrogen-bond donors (Lipinski definition) is 3. The van der Waals surface area contributed by atoms with Crippen LogP contribution in [0.2, 0.25) is 0 Å². The molecule has 0 radical (unpaired) electrons. The predicted molar refractivity (Wildman–Crippen MR) is 134 cm³/mol. The fourth-order valence-corrected chi connectivity index (χ4v) is 3.92. The number of pyridine rings is 2. The highest BCUT2D eigenvalue weighted by atomic mass is 16.5. The van der Waals surface area contributed by atoms with Gasteiger partial charge in [-0.25, -0.2) is 15.8 Å². The van der Waals surface area contributed by atoms with E-state index in [1.165, 1.54) is 24.3 Å². The van der Waals surface area contributed by atoms with Crippen LogP contribution in [-0.2, 0) is 0 Å². The summed E-state index contributed by atoms with van der Waals surface area (Å²) in [6.07, 6.45) is 11.1. The number of likely N-dealkylation sites (N-methyl/N-ethyl adjacent to an activating group) is 1. The number of nitrogens with zero attached hydrogens (tertiary/aromatic N) is 5. The van der Waals surface area contributed by atoms with Crippen LogP contribution in [0.1, 0.15) is 43.5 Å². The lowest BCUT2D eigenvalue weighted by molar-refractivity contribution is 0.153. The van der Waals surface area contributed by atoms with Crippen LogP contribution in [0.3, 0.4) is 0 Å². The lowest BCUT2D eigenvalue weighted by Crippen LogP contribution is -2.32. The van der Waals surface area contributed by atoms with Crippen LogP contribution in [0.5, 0.6) is 17.4 Å². The maximum atomic E-state index is 6.48. The molecule has 0 saturated heterocycles. The van der Waals surface area contributed by atoms with Gasteiger partial charge in [0.1, 0.15) is 11.5 Å². The first-order valence-electron chi connectivity index (χ1n) is 11.8. The Labute approximate surface area is 205 Å². The number of hydrazine groups is 1. The smallest absolute Gasteiger partial charge is 0.226 e. The van der Waals surface area contributed by atoms with E-state index < -0.39 is 0 Å². The minimum Gasteiger partial charge on any atom is -0.489 e. The topological polar surface area (TPSA) is 137 Å². The van der Waals surface area contributed by atoms with Crippen molar-refractivity contribution in [1.82, 2.24) is 24.9 Å². The van der Waals surface area contributed by atoms with Crippen molar-refractivity contribution in [1.29, 1.82) is 0 Å². The maximum absolute atomic E-state index is 6.48. The fourth-order valence-electron chi connectivity index (χ4n) is 3.92. The Hall–Kier alpha value is -3.92. The van der Waals surface area contributed by atoms with Gasteiger partial charge in [-0.2, -0.15) is 4.98 Å². The molecule has 1 aliphatic rings. The van der Waals surface area contributed by atoms with Crippen molar-refractivity contribution in [3.8, 4) is 17.4 Å². The predicted octanol–water partition coefficient (Wildman–Crippen LogP) is 3.62. The van der Waals surface area contributed by atoms with E-state index in [0.717, 1.165) is 24.3 Å². The summed E-state index contributed by atoms with van der Waals surface area (Å²) in [4.78, 5) is 17.4. The highest BCUT2D eigenvalue weighted by Gasteiger charge is 2.17. The number of anilines is 1. The zero-order valence-electron chi connectivity index (χ0n) is 20.1. The monoisotopic (exact) mass is 476 g/mol. The van der Waals surface area contributed by atoms with Crippen LogP contribution < -0.4 is 26.4 Å². The van der Waals surface area contributed by atoms with Crippen molar-refractivity contribution in [2.45, 2.75) is 45.1 Å². The Balaban J connectivity index is 1.46. The summed E-state index contributed by atoms with van der Waals surface area (Å²) < 4.78 is 11.9. The average molecular weight is 477 g/mol. The number of aromatic nitrogens is 4. The molecule has 0 unspecified atom stereocenters. The van der Waals surface area contributed by atoms with Crippen LogP contribution >= 0.6 is 0 Å². The van der Waals surface area contributed by atoms with Crippen LogP contribution in [0.15, 0.2) is 54.6 Å². The molecule has 1 saturated carbocycles. The molecule has 10 heteroatoms. The lowest BCUT2D eigenvalue weighted by atomic mass is 9.98. The van der Waals surface area contributed by atoms with E-state index >= 15 is 0 Å². The van der Waals surface area contributed by atoms with Gasteiger partial charge in [0.25, 0.3) is 0 Å². The number of nitrogens with one attached hydrogen (secondary N) is 1. The van der Waals surface area contributed by atoms with Crippen molar-refractivity contribution in [3.05, 3.63) is 66.0 Å². The van der Waals surface area contributed by atoms with E-state index in [-0.39, 0.29) is 12.6 Å². The van der Waals surface area contributed by atoms with Crippen LogP contribution in [0, 0.1) is 6.92 Å². The Kier molecular flexibility index (Phi) is 7.94.